The fourth-order valence-corrected chi connectivity index (χ4v) is 2.94. The lowest BCUT2D eigenvalue weighted by molar-refractivity contribution is 0.0908. The molecule has 0 spiro atoms. The van der Waals surface area contributed by atoms with Crippen molar-refractivity contribution >= 4 is 11.7 Å². The summed E-state index contributed by atoms with van der Waals surface area (Å²) in [5.74, 6) is 0.224. The van der Waals surface area contributed by atoms with Crippen molar-refractivity contribution in [1.82, 2.24) is 5.32 Å². The topological polar surface area (TPSA) is 46.2 Å². The first-order valence-corrected chi connectivity index (χ1v) is 8.12. The number of unbranched alkanes of at least 4 members (excludes halogenated alkanes) is 1. The molecule has 0 radical (unpaired) electrons. The van der Waals surface area contributed by atoms with Gasteiger partial charge < -0.3 is 5.32 Å². The molecule has 1 unspecified atom stereocenters. The minimum Gasteiger partial charge on any atom is -0.352 e. The van der Waals surface area contributed by atoms with Crippen LogP contribution in [0.5, 0.6) is 0 Å². The van der Waals surface area contributed by atoms with E-state index in [9.17, 15) is 9.59 Å². The fourth-order valence-electron chi connectivity index (χ4n) is 2.94. The Bertz CT molecular complexity index is 522. The third-order valence-corrected chi connectivity index (χ3v) is 4.32. The normalized spacial score (nSPS) is 15.8. The van der Waals surface area contributed by atoms with E-state index in [-0.39, 0.29) is 17.6 Å². The van der Waals surface area contributed by atoms with Crippen molar-refractivity contribution in [2.45, 2.75) is 52.4 Å². The first-order valence-electron chi connectivity index (χ1n) is 8.12. The van der Waals surface area contributed by atoms with Crippen LogP contribution in [0.15, 0.2) is 18.2 Å². The standard InChI is InChI=1S/C18H25NO2/c1-3-5-7-13(4-2)17(20)15-10-9-14-8-6-11-19-18(21)16(14)12-15/h9-10,12-13H,3-8,11H2,1-2H3,(H,19,21). The van der Waals surface area contributed by atoms with E-state index < -0.39 is 0 Å². The van der Waals surface area contributed by atoms with Crippen LogP contribution in [0.1, 0.15) is 72.2 Å². The minimum atomic E-state index is -0.0428. The summed E-state index contributed by atoms with van der Waals surface area (Å²) >= 11 is 0. The Hall–Kier alpha value is -1.64. The third kappa shape index (κ3) is 3.72. The maximum Gasteiger partial charge on any atom is 0.251 e. The summed E-state index contributed by atoms with van der Waals surface area (Å²) in [5, 5.41) is 2.89. The van der Waals surface area contributed by atoms with Gasteiger partial charge in [0.15, 0.2) is 5.78 Å². The van der Waals surface area contributed by atoms with Gasteiger partial charge in [-0.15, -0.1) is 0 Å². The van der Waals surface area contributed by atoms with Gasteiger partial charge in [0, 0.05) is 23.6 Å². The highest BCUT2D eigenvalue weighted by atomic mass is 16.1. The van der Waals surface area contributed by atoms with Crippen LogP contribution in [0, 0.1) is 5.92 Å². The van der Waals surface area contributed by atoms with E-state index in [1.807, 2.05) is 12.1 Å². The Balaban J connectivity index is 2.24. The van der Waals surface area contributed by atoms with Gasteiger partial charge in [0.05, 0.1) is 0 Å². The van der Waals surface area contributed by atoms with Crippen molar-refractivity contribution in [1.29, 1.82) is 0 Å². The molecule has 2 rings (SSSR count). The maximum absolute atomic E-state index is 12.6. The van der Waals surface area contributed by atoms with Gasteiger partial charge in [-0.2, -0.15) is 0 Å². The Kier molecular flexibility index (Phi) is 5.54. The van der Waals surface area contributed by atoms with E-state index in [0.717, 1.165) is 44.1 Å². The highest BCUT2D eigenvalue weighted by Gasteiger charge is 2.21. The SMILES string of the molecule is CCCCC(CC)C(=O)c1ccc2c(c1)C(=O)NCCC2. The molecule has 3 heteroatoms. The molecule has 0 aliphatic carbocycles. The molecule has 0 saturated carbocycles. The zero-order valence-electron chi connectivity index (χ0n) is 13.1. The molecular formula is C18H25NO2. The number of benzene rings is 1. The molecule has 1 aliphatic rings. The Labute approximate surface area is 127 Å². The van der Waals surface area contributed by atoms with Crippen LogP contribution in [0.4, 0.5) is 0 Å². The molecule has 1 aliphatic heterocycles. The number of nitrogens with one attached hydrogen (secondary N) is 1. The second-order valence-corrected chi connectivity index (χ2v) is 5.84. The van der Waals surface area contributed by atoms with Crippen LogP contribution >= 0.6 is 0 Å². The number of amides is 1. The van der Waals surface area contributed by atoms with E-state index in [2.05, 4.69) is 19.2 Å². The van der Waals surface area contributed by atoms with Crippen LogP contribution < -0.4 is 5.32 Å². The predicted molar refractivity (Wildman–Crippen MR) is 84.7 cm³/mol. The number of fused-ring (bicyclic) bond motifs is 1. The van der Waals surface area contributed by atoms with Crippen LogP contribution in [0.2, 0.25) is 0 Å². The Morgan fingerprint density at radius 2 is 2.14 bits per heavy atom. The quantitative estimate of drug-likeness (QED) is 0.810. The van der Waals surface area contributed by atoms with Gasteiger partial charge in [0.2, 0.25) is 0 Å². The number of rotatable bonds is 6. The Morgan fingerprint density at radius 3 is 2.86 bits per heavy atom. The van der Waals surface area contributed by atoms with Crippen LogP contribution in [0.3, 0.4) is 0 Å². The van der Waals surface area contributed by atoms with E-state index in [1.54, 1.807) is 6.07 Å². The zero-order valence-corrected chi connectivity index (χ0v) is 13.1. The van der Waals surface area contributed by atoms with Gasteiger partial charge in [-0.25, -0.2) is 0 Å². The summed E-state index contributed by atoms with van der Waals surface area (Å²) in [5.41, 5.74) is 2.43. The number of aryl methyl sites for hydroxylation is 1. The minimum absolute atomic E-state index is 0.0428. The number of ketones is 1. The average molecular weight is 287 g/mol. The molecule has 3 nitrogen and oxygen atoms in total. The molecular weight excluding hydrogens is 262 g/mol. The molecule has 0 aromatic heterocycles. The molecule has 1 amide bonds. The van der Waals surface area contributed by atoms with Gasteiger partial charge >= 0.3 is 0 Å². The van der Waals surface area contributed by atoms with E-state index in [0.29, 0.717) is 17.7 Å². The van der Waals surface area contributed by atoms with E-state index in [1.165, 1.54) is 0 Å². The monoisotopic (exact) mass is 287 g/mol. The lowest BCUT2D eigenvalue weighted by atomic mass is 9.89. The van der Waals surface area contributed by atoms with Gasteiger partial charge in [-0.05, 0) is 37.3 Å². The summed E-state index contributed by atoms with van der Waals surface area (Å²) in [6, 6.07) is 5.65. The predicted octanol–water partition coefficient (Wildman–Crippen LogP) is 3.76. The Morgan fingerprint density at radius 1 is 1.33 bits per heavy atom. The molecule has 0 bridgehead atoms. The lowest BCUT2D eigenvalue weighted by Crippen LogP contribution is -2.23. The largest absolute Gasteiger partial charge is 0.352 e. The summed E-state index contributed by atoms with van der Waals surface area (Å²) in [6.45, 7) is 4.92. The molecule has 0 saturated heterocycles. The van der Waals surface area contributed by atoms with Gasteiger partial charge in [0.25, 0.3) is 5.91 Å². The van der Waals surface area contributed by atoms with Gasteiger partial charge in [0.1, 0.15) is 0 Å². The molecule has 1 aromatic carbocycles. The number of hydrogen-bond donors (Lipinski definition) is 1. The van der Waals surface area contributed by atoms with Crippen LogP contribution in [-0.4, -0.2) is 18.2 Å². The smallest absolute Gasteiger partial charge is 0.251 e. The molecule has 1 aromatic rings. The first kappa shape index (κ1) is 15.7. The number of carbonyl (C=O) groups excluding carboxylic acids is 2. The molecule has 1 atom stereocenters. The van der Waals surface area contributed by atoms with Crippen LogP contribution in [0.25, 0.3) is 0 Å². The maximum atomic E-state index is 12.6. The highest BCUT2D eigenvalue weighted by molar-refractivity contribution is 6.02. The fraction of sp³-hybridized carbons (Fsp3) is 0.556. The van der Waals surface area contributed by atoms with E-state index >= 15 is 0 Å². The molecule has 114 valence electrons. The van der Waals surface area contributed by atoms with Gasteiger partial charge in [-0.1, -0.05) is 38.8 Å². The third-order valence-electron chi connectivity index (χ3n) is 4.32. The number of carbonyl (C=O) groups is 2. The van der Waals surface area contributed by atoms with E-state index in [4.69, 9.17) is 0 Å². The van der Waals surface area contributed by atoms with Crippen molar-refractivity contribution in [2.75, 3.05) is 6.54 Å². The molecule has 1 N–H and O–H groups in total. The number of hydrogen-bond acceptors (Lipinski definition) is 2. The van der Waals surface area contributed by atoms with Crippen LogP contribution in [-0.2, 0) is 6.42 Å². The zero-order chi connectivity index (χ0) is 15.2. The van der Waals surface area contributed by atoms with Crippen molar-refractivity contribution in [3.8, 4) is 0 Å². The second kappa shape index (κ2) is 7.39. The lowest BCUT2D eigenvalue weighted by Gasteiger charge is -2.14. The highest BCUT2D eigenvalue weighted by Crippen LogP contribution is 2.22. The summed E-state index contributed by atoms with van der Waals surface area (Å²) in [7, 11) is 0. The van der Waals surface area contributed by atoms with Crippen molar-refractivity contribution < 1.29 is 9.59 Å². The van der Waals surface area contributed by atoms with Crippen molar-refractivity contribution in [3.63, 3.8) is 0 Å². The molecule has 1 heterocycles. The van der Waals surface area contributed by atoms with Crippen molar-refractivity contribution in [3.05, 3.63) is 34.9 Å². The summed E-state index contributed by atoms with van der Waals surface area (Å²) in [6.07, 6.45) is 5.85. The summed E-state index contributed by atoms with van der Waals surface area (Å²) < 4.78 is 0. The van der Waals surface area contributed by atoms with Gasteiger partial charge in [-0.3, -0.25) is 9.59 Å². The molecule has 0 fully saturated rings. The average Bonchev–Trinajstić information content (AvgIpc) is 2.69. The molecule has 21 heavy (non-hydrogen) atoms. The second-order valence-electron chi connectivity index (χ2n) is 5.84. The van der Waals surface area contributed by atoms with Crippen molar-refractivity contribution in [2.24, 2.45) is 5.92 Å². The summed E-state index contributed by atoms with van der Waals surface area (Å²) in [4.78, 5) is 24.7. The first-order chi connectivity index (χ1) is 10.2. The number of Topliss-reactive ketones (excluding diaryl/α,β-unsaturated/α-hetero) is 1.